The van der Waals surface area contributed by atoms with Crippen LogP contribution in [0.5, 0.6) is 5.75 Å². The zero-order valence-corrected chi connectivity index (χ0v) is 18.8. The third-order valence-corrected chi connectivity index (χ3v) is 5.43. The Morgan fingerprint density at radius 3 is 2.57 bits per heavy atom. The quantitative estimate of drug-likeness (QED) is 0.351. The first-order chi connectivity index (χ1) is 16.9. The molecule has 0 aliphatic carbocycles. The molecular formula is C26H22FN3O5. The van der Waals surface area contributed by atoms with Crippen LogP contribution in [-0.4, -0.2) is 33.6 Å². The molecule has 4 rings (SSSR count). The van der Waals surface area contributed by atoms with Crippen molar-refractivity contribution in [3.05, 3.63) is 99.3 Å². The van der Waals surface area contributed by atoms with Gasteiger partial charge in [0, 0.05) is 12.1 Å². The number of anilines is 1. The van der Waals surface area contributed by atoms with Gasteiger partial charge in [-0.15, -0.1) is 0 Å². The molecule has 0 saturated heterocycles. The highest BCUT2D eigenvalue weighted by Gasteiger charge is 2.18. The number of carboxylic acid groups (broad SMARTS) is 1. The normalized spacial score (nSPS) is 10.8. The number of aromatic amines is 1. The van der Waals surface area contributed by atoms with Crippen LogP contribution in [0.2, 0.25) is 0 Å². The fourth-order valence-corrected chi connectivity index (χ4v) is 3.57. The number of hydrogen-bond donors (Lipinski definition) is 3. The summed E-state index contributed by atoms with van der Waals surface area (Å²) in [5.74, 6) is -2.84. The van der Waals surface area contributed by atoms with Crippen LogP contribution in [0.4, 0.5) is 10.1 Å². The molecule has 0 spiro atoms. The summed E-state index contributed by atoms with van der Waals surface area (Å²) in [4.78, 5) is 43.0. The summed E-state index contributed by atoms with van der Waals surface area (Å²) in [6.45, 7) is 2.04. The predicted octanol–water partition coefficient (Wildman–Crippen LogP) is 4.20. The molecule has 35 heavy (non-hydrogen) atoms. The van der Waals surface area contributed by atoms with Crippen molar-refractivity contribution in [2.24, 2.45) is 0 Å². The first-order valence-electron chi connectivity index (χ1n) is 10.9. The van der Waals surface area contributed by atoms with Crippen molar-refractivity contribution in [3.63, 3.8) is 0 Å². The van der Waals surface area contributed by atoms with Gasteiger partial charge in [-0.05, 0) is 53.9 Å². The minimum absolute atomic E-state index is 0.0396. The predicted molar refractivity (Wildman–Crippen MR) is 129 cm³/mol. The molecule has 0 saturated carbocycles. The number of carboxylic acids is 1. The Kier molecular flexibility index (Phi) is 6.86. The van der Waals surface area contributed by atoms with Crippen LogP contribution < -0.4 is 15.6 Å². The van der Waals surface area contributed by atoms with E-state index < -0.39 is 23.3 Å². The zero-order chi connectivity index (χ0) is 24.9. The number of ether oxygens (including phenoxy) is 1. The summed E-state index contributed by atoms with van der Waals surface area (Å²) < 4.78 is 20.1. The fourth-order valence-electron chi connectivity index (χ4n) is 3.57. The second-order valence-electron chi connectivity index (χ2n) is 7.79. The maximum Gasteiger partial charge on any atom is 0.335 e. The highest BCUT2D eigenvalue weighted by molar-refractivity contribution is 6.02. The van der Waals surface area contributed by atoms with E-state index in [0.717, 1.165) is 23.6 Å². The van der Waals surface area contributed by atoms with Gasteiger partial charge in [-0.25, -0.2) is 14.2 Å². The second kappa shape index (κ2) is 10.2. The van der Waals surface area contributed by atoms with Crippen LogP contribution in [0.25, 0.3) is 10.9 Å². The number of nitrogens with zero attached hydrogens (tertiary/aromatic N) is 1. The number of fused-ring (bicyclic) bond motifs is 1. The average Bonchev–Trinajstić information content (AvgIpc) is 2.85. The van der Waals surface area contributed by atoms with Gasteiger partial charge in [0.2, 0.25) is 0 Å². The lowest BCUT2D eigenvalue weighted by Gasteiger charge is -2.11. The first-order valence-corrected chi connectivity index (χ1v) is 10.9. The van der Waals surface area contributed by atoms with Crippen LogP contribution in [0.3, 0.4) is 0 Å². The SMILES string of the molecule is CCc1cccc(NC(=O)c2nc3ccc(F)c(OCCc4ccc(C(=O)O)cc4)c3c(=O)[nH]2)c1. The molecule has 8 nitrogen and oxygen atoms in total. The van der Waals surface area contributed by atoms with Crippen LogP contribution in [0, 0.1) is 5.82 Å². The van der Waals surface area contributed by atoms with E-state index in [4.69, 9.17) is 9.84 Å². The third-order valence-electron chi connectivity index (χ3n) is 5.43. The summed E-state index contributed by atoms with van der Waals surface area (Å²) in [6, 6.07) is 16.0. The van der Waals surface area contributed by atoms with Crippen LogP contribution in [0.1, 0.15) is 39.0 Å². The molecule has 0 aliphatic heterocycles. The number of amides is 1. The highest BCUT2D eigenvalue weighted by atomic mass is 19.1. The lowest BCUT2D eigenvalue weighted by atomic mass is 10.1. The molecule has 0 fully saturated rings. The Morgan fingerprint density at radius 1 is 1.09 bits per heavy atom. The molecular weight excluding hydrogens is 453 g/mol. The van der Waals surface area contributed by atoms with Gasteiger partial charge in [-0.3, -0.25) is 9.59 Å². The van der Waals surface area contributed by atoms with Gasteiger partial charge < -0.3 is 20.1 Å². The summed E-state index contributed by atoms with van der Waals surface area (Å²) in [5, 5.41) is 11.6. The number of benzene rings is 3. The second-order valence-corrected chi connectivity index (χ2v) is 7.79. The molecule has 9 heteroatoms. The number of rotatable bonds is 8. The number of nitrogens with one attached hydrogen (secondary N) is 2. The van der Waals surface area contributed by atoms with Crippen molar-refractivity contribution in [3.8, 4) is 5.75 Å². The smallest absolute Gasteiger partial charge is 0.335 e. The van der Waals surface area contributed by atoms with Gasteiger partial charge in [-0.2, -0.15) is 0 Å². The third kappa shape index (κ3) is 5.35. The lowest BCUT2D eigenvalue weighted by molar-refractivity contribution is 0.0696. The number of H-pyrrole nitrogens is 1. The van der Waals surface area contributed by atoms with E-state index in [0.29, 0.717) is 12.1 Å². The van der Waals surface area contributed by atoms with Gasteiger partial charge >= 0.3 is 5.97 Å². The molecule has 0 aliphatic rings. The van der Waals surface area contributed by atoms with Crippen molar-refractivity contribution in [1.82, 2.24) is 9.97 Å². The minimum Gasteiger partial charge on any atom is -0.489 e. The Labute approximate surface area is 199 Å². The van der Waals surface area contributed by atoms with E-state index in [2.05, 4.69) is 15.3 Å². The Bertz CT molecular complexity index is 1460. The molecule has 0 atom stereocenters. The van der Waals surface area contributed by atoms with E-state index in [1.165, 1.54) is 18.2 Å². The van der Waals surface area contributed by atoms with E-state index in [9.17, 15) is 18.8 Å². The summed E-state index contributed by atoms with van der Waals surface area (Å²) >= 11 is 0. The maximum absolute atomic E-state index is 14.5. The number of aryl methyl sites for hydroxylation is 1. The monoisotopic (exact) mass is 475 g/mol. The Morgan fingerprint density at radius 2 is 1.86 bits per heavy atom. The number of carbonyl (C=O) groups excluding carboxylic acids is 1. The van der Waals surface area contributed by atoms with Crippen LogP contribution >= 0.6 is 0 Å². The number of hydrogen-bond acceptors (Lipinski definition) is 5. The van der Waals surface area contributed by atoms with Crippen molar-refractivity contribution < 1.29 is 23.8 Å². The Hall–Kier alpha value is -4.53. The largest absolute Gasteiger partial charge is 0.489 e. The molecule has 4 aromatic rings. The standard InChI is InChI=1S/C26H22FN3O5/c1-2-15-4-3-5-18(14-15)28-25(32)23-29-20-11-10-19(27)22(21(20)24(31)30-23)35-13-12-16-6-8-17(9-7-16)26(33)34/h3-11,14H,2,12-13H2,1H3,(H,28,32)(H,33,34)(H,29,30,31). The maximum atomic E-state index is 14.5. The van der Waals surface area contributed by atoms with Crippen molar-refractivity contribution >= 4 is 28.5 Å². The summed E-state index contributed by atoms with van der Waals surface area (Å²) in [6.07, 6.45) is 1.16. The van der Waals surface area contributed by atoms with Gasteiger partial charge in [0.1, 0.15) is 5.39 Å². The van der Waals surface area contributed by atoms with Crippen molar-refractivity contribution in [2.75, 3.05) is 11.9 Å². The van der Waals surface area contributed by atoms with Crippen molar-refractivity contribution in [1.29, 1.82) is 0 Å². The number of aromatic nitrogens is 2. The molecule has 0 unspecified atom stereocenters. The molecule has 1 amide bonds. The lowest BCUT2D eigenvalue weighted by Crippen LogP contribution is -2.22. The van der Waals surface area contributed by atoms with Gasteiger partial charge in [-0.1, -0.05) is 31.2 Å². The molecule has 3 aromatic carbocycles. The van der Waals surface area contributed by atoms with E-state index in [1.807, 2.05) is 25.1 Å². The molecule has 0 radical (unpaired) electrons. The van der Waals surface area contributed by atoms with Crippen LogP contribution in [-0.2, 0) is 12.8 Å². The zero-order valence-electron chi connectivity index (χ0n) is 18.8. The Balaban J connectivity index is 1.54. The highest BCUT2D eigenvalue weighted by Crippen LogP contribution is 2.25. The molecule has 3 N–H and O–H groups in total. The minimum atomic E-state index is -1.03. The topological polar surface area (TPSA) is 121 Å². The average molecular weight is 475 g/mol. The van der Waals surface area contributed by atoms with E-state index >= 15 is 0 Å². The number of aromatic carboxylic acids is 1. The number of halogens is 1. The van der Waals surface area contributed by atoms with Gasteiger partial charge in [0.25, 0.3) is 11.5 Å². The number of carbonyl (C=O) groups is 2. The molecule has 0 bridgehead atoms. The summed E-state index contributed by atoms with van der Waals surface area (Å²) in [7, 11) is 0. The van der Waals surface area contributed by atoms with Gasteiger partial charge in [0.15, 0.2) is 17.4 Å². The van der Waals surface area contributed by atoms with Crippen molar-refractivity contribution in [2.45, 2.75) is 19.8 Å². The van der Waals surface area contributed by atoms with Gasteiger partial charge in [0.05, 0.1) is 17.7 Å². The van der Waals surface area contributed by atoms with E-state index in [1.54, 1.807) is 18.2 Å². The van der Waals surface area contributed by atoms with E-state index in [-0.39, 0.29) is 34.6 Å². The first kappa shape index (κ1) is 23.6. The van der Waals surface area contributed by atoms with Crippen LogP contribution in [0.15, 0.2) is 65.5 Å². The summed E-state index contributed by atoms with van der Waals surface area (Å²) in [5.41, 5.74) is 1.96. The molecule has 1 heterocycles. The fraction of sp³-hybridized carbons (Fsp3) is 0.154. The molecule has 1 aromatic heterocycles. The molecule has 178 valence electrons.